The third-order valence-electron chi connectivity index (χ3n) is 4.68. The van der Waals surface area contributed by atoms with Gasteiger partial charge in [0.15, 0.2) is 0 Å². The Morgan fingerprint density at radius 3 is 2.39 bits per heavy atom. The Hall–Kier alpha value is -3.36. The molecule has 1 heterocycles. The van der Waals surface area contributed by atoms with E-state index < -0.39 is 36.0 Å². The number of halogens is 6. The second kappa shape index (κ2) is 8.05. The van der Waals surface area contributed by atoms with Crippen molar-refractivity contribution in [3.05, 3.63) is 77.9 Å². The number of hydrogen-bond acceptors (Lipinski definition) is 3. The smallest absolute Gasteiger partial charge is 0.461 e. The molecular formula is C22H15F6NO2. The molecule has 1 aliphatic heterocycles. The zero-order valence-electron chi connectivity index (χ0n) is 15.7. The van der Waals surface area contributed by atoms with Crippen molar-refractivity contribution >= 4 is 5.69 Å². The molecule has 0 radical (unpaired) electrons. The average molecular weight is 439 g/mol. The van der Waals surface area contributed by atoms with Crippen LogP contribution in [0, 0.1) is 11.6 Å². The number of benzene rings is 3. The van der Waals surface area contributed by atoms with E-state index in [2.05, 4.69) is 10.1 Å². The Kier molecular flexibility index (Phi) is 5.43. The van der Waals surface area contributed by atoms with E-state index in [-0.39, 0.29) is 6.61 Å². The lowest BCUT2D eigenvalue weighted by Gasteiger charge is -2.29. The number of hydrogen-bond donors (Lipinski definition) is 1. The molecule has 4 rings (SSSR count). The number of alkyl halides is 4. The van der Waals surface area contributed by atoms with Gasteiger partial charge in [0, 0.05) is 11.6 Å². The first-order valence-electron chi connectivity index (χ1n) is 9.17. The summed E-state index contributed by atoms with van der Waals surface area (Å²) in [6.07, 6.45) is -8.58. The standard InChI is InChI=1S/C22H15F6NO2/c23-14-7-13(8-15(24)10-14)17-5-2-6-18-20(17)30-11-19(29-18)12-3-1-4-16(9-12)31-22(27,28)21(25)26/h1-10,19,21,29H,11H2/t19-/m1/s1. The Labute approximate surface area is 173 Å². The van der Waals surface area contributed by atoms with E-state index in [0.29, 0.717) is 28.1 Å². The minimum Gasteiger partial charge on any atom is -0.488 e. The van der Waals surface area contributed by atoms with Crippen LogP contribution >= 0.6 is 0 Å². The molecule has 1 atom stereocenters. The van der Waals surface area contributed by atoms with E-state index >= 15 is 0 Å². The molecule has 0 aliphatic carbocycles. The van der Waals surface area contributed by atoms with Crippen LogP contribution in [0.2, 0.25) is 0 Å². The van der Waals surface area contributed by atoms with E-state index in [9.17, 15) is 26.3 Å². The van der Waals surface area contributed by atoms with Crippen LogP contribution in [0.4, 0.5) is 32.0 Å². The minimum atomic E-state index is -4.61. The largest absolute Gasteiger partial charge is 0.488 e. The van der Waals surface area contributed by atoms with Crippen LogP contribution in [-0.2, 0) is 0 Å². The van der Waals surface area contributed by atoms with Gasteiger partial charge in [-0.15, -0.1) is 0 Å². The fourth-order valence-corrected chi connectivity index (χ4v) is 3.31. The SMILES string of the molecule is Fc1cc(F)cc(-c2cccc3c2OC[C@H](c2cccc(OC(F)(F)C(F)F)c2)N3)c1. The Morgan fingerprint density at radius 2 is 1.68 bits per heavy atom. The van der Waals surface area contributed by atoms with Gasteiger partial charge in [-0.1, -0.05) is 24.3 Å². The van der Waals surface area contributed by atoms with Gasteiger partial charge in [0.1, 0.15) is 29.7 Å². The van der Waals surface area contributed by atoms with Crippen molar-refractivity contribution in [3.8, 4) is 22.6 Å². The molecule has 3 aromatic rings. The Morgan fingerprint density at radius 1 is 0.968 bits per heavy atom. The van der Waals surface area contributed by atoms with Crippen LogP contribution in [0.3, 0.4) is 0 Å². The van der Waals surface area contributed by atoms with Gasteiger partial charge >= 0.3 is 12.5 Å². The average Bonchev–Trinajstić information content (AvgIpc) is 2.72. The first kappa shape index (κ1) is 20.9. The number of fused-ring (bicyclic) bond motifs is 1. The van der Waals surface area contributed by atoms with Gasteiger partial charge in [-0.05, 0) is 41.5 Å². The molecule has 0 spiro atoms. The molecule has 0 fully saturated rings. The highest BCUT2D eigenvalue weighted by molar-refractivity contribution is 5.79. The van der Waals surface area contributed by atoms with Gasteiger partial charge in [-0.25, -0.2) is 8.78 Å². The van der Waals surface area contributed by atoms with Crippen molar-refractivity contribution in [3.63, 3.8) is 0 Å². The fraction of sp³-hybridized carbons (Fsp3) is 0.182. The first-order valence-corrected chi connectivity index (χ1v) is 9.17. The first-order chi connectivity index (χ1) is 14.7. The predicted molar refractivity (Wildman–Crippen MR) is 102 cm³/mol. The highest BCUT2D eigenvalue weighted by Crippen LogP contribution is 2.42. The second-order valence-electron chi connectivity index (χ2n) is 6.89. The molecule has 1 aliphatic rings. The Bertz CT molecular complexity index is 1080. The maximum absolute atomic E-state index is 13.6. The maximum Gasteiger partial charge on any atom is 0.461 e. The summed E-state index contributed by atoms with van der Waals surface area (Å²) in [4.78, 5) is 0. The predicted octanol–water partition coefficient (Wildman–Crippen LogP) is 6.41. The van der Waals surface area contributed by atoms with E-state index in [1.54, 1.807) is 24.3 Å². The lowest BCUT2D eigenvalue weighted by molar-refractivity contribution is -0.253. The van der Waals surface area contributed by atoms with Crippen molar-refractivity contribution in [2.75, 3.05) is 11.9 Å². The van der Waals surface area contributed by atoms with Gasteiger partial charge in [-0.2, -0.15) is 17.6 Å². The number of nitrogens with one attached hydrogen (secondary N) is 1. The van der Waals surface area contributed by atoms with Crippen molar-refractivity contribution in [2.24, 2.45) is 0 Å². The van der Waals surface area contributed by atoms with Crippen molar-refractivity contribution < 1.29 is 35.8 Å². The van der Waals surface area contributed by atoms with Gasteiger partial charge in [-0.3, -0.25) is 0 Å². The normalized spacial score (nSPS) is 15.8. The van der Waals surface area contributed by atoms with Gasteiger partial charge in [0.2, 0.25) is 0 Å². The summed E-state index contributed by atoms with van der Waals surface area (Å²) >= 11 is 0. The summed E-state index contributed by atoms with van der Waals surface area (Å²) in [5.41, 5.74) is 1.74. The minimum absolute atomic E-state index is 0.0521. The van der Waals surface area contributed by atoms with Crippen LogP contribution in [0.25, 0.3) is 11.1 Å². The molecular weight excluding hydrogens is 424 g/mol. The summed E-state index contributed by atoms with van der Waals surface area (Å²) in [6.45, 7) is 0.0521. The van der Waals surface area contributed by atoms with Gasteiger partial charge in [0.25, 0.3) is 0 Å². The molecule has 0 aromatic heterocycles. The highest BCUT2D eigenvalue weighted by Gasteiger charge is 2.44. The fourth-order valence-electron chi connectivity index (χ4n) is 3.31. The summed E-state index contributed by atoms with van der Waals surface area (Å²) in [5.74, 6) is -1.50. The Balaban J connectivity index is 1.60. The summed E-state index contributed by atoms with van der Waals surface area (Å²) < 4.78 is 88.4. The molecule has 0 bridgehead atoms. The molecule has 9 heteroatoms. The molecule has 1 N–H and O–H groups in total. The summed E-state index contributed by atoms with van der Waals surface area (Å²) in [5, 5.41) is 3.16. The van der Waals surface area contributed by atoms with Crippen molar-refractivity contribution in [1.29, 1.82) is 0 Å². The molecule has 0 saturated heterocycles. The summed E-state index contributed by atoms with van der Waals surface area (Å²) in [6, 6.07) is 13.0. The van der Waals surface area contributed by atoms with Crippen LogP contribution in [0.1, 0.15) is 11.6 Å². The number of para-hydroxylation sites is 1. The third-order valence-corrected chi connectivity index (χ3v) is 4.68. The quantitative estimate of drug-likeness (QED) is 0.466. The van der Waals surface area contributed by atoms with Crippen LogP contribution in [0.15, 0.2) is 60.7 Å². The molecule has 0 unspecified atom stereocenters. The van der Waals surface area contributed by atoms with Crippen molar-refractivity contribution in [2.45, 2.75) is 18.6 Å². The van der Waals surface area contributed by atoms with Gasteiger partial charge < -0.3 is 14.8 Å². The van der Waals surface area contributed by atoms with E-state index in [0.717, 1.165) is 12.1 Å². The zero-order chi connectivity index (χ0) is 22.2. The topological polar surface area (TPSA) is 30.5 Å². The van der Waals surface area contributed by atoms with E-state index in [1.807, 2.05) is 0 Å². The maximum atomic E-state index is 13.6. The van der Waals surface area contributed by atoms with E-state index in [1.165, 1.54) is 24.3 Å². The van der Waals surface area contributed by atoms with Crippen LogP contribution < -0.4 is 14.8 Å². The molecule has 0 amide bonds. The number of ether oxygens (including phenoxy) is 2. The molecule has 3 aromatic carbocycles. The lowest BCUT2D eigenvalue weighted by Crippen LogP contribution is -2.33. The third kappa shape index (κ3) is 4.40. The van der Waals surface area contributed by atoms with Crippen LogP contribution in [0.5, 0.6) is 11.5 Å². The van der Waals surface area contributed by atoms with Gasteiger partial charge in [0.05, 0.1) is 11.7 Å². The number of anilines is 1. The zero-order valence-corrected chi connectivity index (χ0v) is 15.7. The monoisotopic (exact) mass is 439 g/mol. The molecule has 0 saturated carbocycles. The second-order valence-corrected chi connectivity index (χ2v) is 6.89. The lowest BCUT2D eigenvalue weighted by atomic mass is 10.0. The molecule has 162 valence electrons. The number of rotatable bonds is 5. The van der Waals surface area contributed by atoms with E-state index in [4.69, 9.17) is 4.74 Å². The molecule has 3 nitrogen and oxygen atoms in total. The molecule has 31 heavy (non-hydrogen) atoms. The van der Waals surface area contributed by atoms with Crippen LogP contribution in [-0.4, -0.2) is 19.1 Å². The highest BCUT2D eigenvalue weighted by atomic mass is 19.3. The summed E-state index contributed by atoms with van der Waals surface area (Å²) in [7, 11) is 0. The van der Waals surface area contributed by atoms with Crippen molar-refractivity contribution in [1.82, 2.24) is 0 Å².